The van der Waals surface area contributed by atoms with Crippen LogP contribution in [0.3, 0.4) is 0 Å². The van der Waals surface area contributed by atoms with Crippen LogP contribution < -0.4 is 5.32 Å². The van der Waals surface area contributed by atoms with Crippen LogP contribution in [0, 0.1) is 11.8 Å². The van der Waals surface area contributed by atoms with Crippen molar-refractivity contribution in [2.45, 2.75) is 19.8 Å². The average molecular weight is 209 g/mol. The van der Waals surface area contributed by atoms with Gasteiger partial charge in [0.05, 0.1) is 5.75 Å². The number of rotatable bonds is 3. The molecular formula is C8H16FNO2S. The highest BCUT2D eigenvalue weighted by Gasteiger charge is 2.24. The molecule has 0 aromatic rings. The Morgan fingerprint density at radius 1 is 1.62 bits per heavy atom. The van der Waals surface area contributed by atoms with Gasteiger partial charge in [-0.05, 0) is 37.8 Å². The van der Waals surface area contributed by atoms with E-state index in [-0.39, 0.29) is 11.7 Å². The Labute approximate surface area is 78.9 Å². The fraction of sp³-hybridized carbons (Fsp3) is 1.00. The standard InChI is InChI=1S/C8H16FNO2S/c1-7(6-13(9,11)12)8-3-2-4-10-5-8/h7-8,10H,2-6H2,1H3. The van der Waals surface area contributed by atoms with Crippen LogP contribution in [0.15, 0.2) is 0 Å². The summed E-state index contributed by atoms with van der Waals surface area (Å²) in [7, 11) is -4.30. The van der Waals surface area contributed by atoms with E-state index in [0.29, 0.717) is 5.92 Å². The molecule has 1 N–H and O–H groups in total. The molecule has 1 heterocycles. The summed E-state index contributed by atoms with van der Waals surface area (Å²) in [6.07, 6.45) is 2.06. The smallest absolute Gasteiger partial charge is 0.302 e. The molecule has 0 aliphatic carbocycles. The first-order chi connectivity index (χ1) is 5.99. The summed E-state index contributed by atoms with van der Waals surface area (Å²) in [4.78, 5) is 0. The Morgan fingerprint density at radius 3 is 2.77 bits per heavy atom. The zero-order chi connectivity index (χ0) is 9.90. The maximum atomic E-state index is 12.3. The summed E-state index contributed by atoms with van der Waals surface area (Å²) < 4.78 is 33.1. The van der Waals surface area contributed by atoms with Gasteiger partial charge in [-0.25, -0.2) is 0 Å². The van der Waals surface area contributed by atoms with Crippen LogP contribution in [0.4, 0.5) is 3.89 Å². The third-order valence-electron chi connectivity index (χ3n) is 2.60. The molecule has 1 saturated heterocycles. The largest absolute Gasteiger partial charge is 0.316 e. The van der Waals surface area contributed by atoms with E-state index in [0.717, 1.165) is 25.9 Å². The molecule has 3 nitrogen and oxygen atoms in total. The summed E-state index contributed by atoms with van der Waals surface area (Å²) >= 11 is 0. The molecule has 2 unspecified atom stereocenters. The highest BCUT2D eigenvalue weighted by atomic mass is 32.3. The zero-order valence-electron chi connectivity index (χ0n) is 7.79. The molecule has 1 aliphatic heterocycles. The quantitative estimate of drug-likeness (QED) is 0.703. The van der Waals surface area contributed by atoms with Crippen LogP contribution in [0.2, 0.25) is 0 Å². The van der Waals surface area contributed by atoms with Gasteiger partial charge < -0.3 is 5.32 Å². The molecule has 2 atom stereocenters. The van der Waals surface area contributed by atoms with Crippen molar-refractivity contribution in [2.24, 2.45) is 11.8 Å². The van der Waals surface area contributed by atoms with Crippen LogP contribution >= 0.6 is 0 Å². The van der Waals surface area contributed by atoms with E-state index in [1.54, 1.807) is 6.92 Å². The summed E-state index contributed by atoms with van der Waals surface area (Å²) in [5.74, 6) is -0.110. The van der Waals surface area contributed by atoms with E-state index >= 15 is 0 Å². The number of hydrogen-bond acceptors (Lipinski definition) is 3. The molecule has 78 valence electrons. The topological polar surface area (TPSA) is 46.2 Å². The van der Waals surface area contributed by atoms with Gasteiger partial charge in [-0.2, -0.15) is 8.42 Å². The SMILES string of the molecule is CC(CS(=O)(=O)F)C1CCCNC1. The molecule has 1 aliphatic rings. The minimum Gasteiger partial charge on any atom is -0.316 e. The van der Waals surface area contributed by atoms with Crippen molar-refractivity contribution in [1.82, 2.24) is 5.32 Å². The fourth-order valence-electron chi connectivity index (χ4n) is 1.81. The Morgan fingerprint density at radius 2 is 2.31 bits per heavy atom. The first-order valence-electron chi connectivity index (χ1n) is 4.62. The van der Waals surface area contributed by atoms with Crippen molar-refractivity contribution in [3.8, 4) is 0 Å². The molecule has 0 radical (unpaired) electrons. The zero-order valence-corrected chi connectivity index (χ0v) is 8.61. The third kappa shape index (κ3) is 4.04. The Bertz CT molecular complexity index is 247. The molecule has 1 fully saturated rings. The van der Waals surface area contributed by atoms with Crippen LogP contribution in [0.5, 0.6) is 0 Å². The van der Waals surface area contributed by atoms with Crippen LogP contribution in [-0.2, 0) is 10.2 Å². The van der Waals surface area contributed by atoms with Gasteiger partial charge in [0.1, 0.15) is 0 Å². The number of halogens is 1. The Balaban J connectivity index is 2.42. The van der Waals surface area contributed by atoms with Crippen molar-refractivity contribution in [3.63, 3.8) is 0 Å². The van der Waals surface area contributed by atoms with Crippen molar-refractivity contribution < 1.29 is 12.3 Å². The lowest BCUT2D eigenvalue weighted by Gasteiger charge is -2.27. The molecular weight excluding hydrogens is 193 g/mol. The van der Waals surface area contributed by atoms with Crippen molar-refractivity contribution in [2.75, 3.05) is 18.8 Å². The van der Waals surface area contributed by atoms with Gasteiger partial charge in [0, 0.05) is 0 Å². The van der Waals surface area contributed by atoms with E-state index in [1.165, 1.54) is 0 Å². The van der Waals surface area contributed by atoms with Gasteiger partial charge in [0.25, 0.3) is 0 Å². The highest BCUT2D eigenvalue weighted by Crippen LogP contribution is 2.21. The minimum atomic E-state index is -4.30. The summed E-state index contributed by atoms with van der Waals surface area (Å²) in [5.41, 5.74) is 0. The molecule has 0 spiro atoms. The van der Waals surface area contributed by atoms with Gasteiger partial charge in [-0.3, -0.25) is 0 Å². The van der Waals surface area contributed by atoms with Crippen molar-refractivity contribution in [3.05, 3.63) is 0 Å². The first-order valence-corrected chi connectivity index (χ1v) is 6.17. The summed E-state index contributed by atoms with van der Waals surface area (Å²) in [5, 5.41) is 3.18. The number of nitrogens with one attached hydrogen (secondary N) is 1. The van der Waals surface area contributed by atoms with E-state index in [1.807, 2.05) is 0 Å². The molecule has 13 heavy (non-hydrogen) atoms. The summed E-state index contributed by atoms with van der Waals surface area (Å²) in [6.45, 7) is 3.61. The number of hydrogen-bond donors (Lipinski definition) is 1. The average Bonchev–Trinajstić information content (AvgIpc) is 2.03. The van der Waals surface area contributed by atoms with Gasteiger partial charge in [-0.1, -0.05) is 6.92 Å². The monoisotopic (exact) mass is 209 g/mol. The Kier molecular flexibility index (Phi) is 3.67. The second-order valence-electron chi connectivity index (χ2n) is 3.79. The number of piperidine rings is 1. The summed E-state index contributed by atoms with van der Waals surface area (Å²) in [6, 6.07) is 0. The molecule has 5 heteroatoms. The maximum absolute atomic E-state index is 12.3. The lowest BCUT2D eigenvalue weighted by molar-refractivity contribution is 0.296. The molecule has 0 amide bonds. The van der Waals surface area contributed by atoms with Crippen molar-refractivity contribution >= 4 is 10.2 Å². The molecule has 0 saturated carbocycles. The predicted molar refractivity (Wildman–Crippen MR) is 49.7 cm³/mol. The molecule has 0 bridgehead atoms. The van der Waals surface area contributed by atoms with Gasteiger partial charge in [0.2, 0.25) is 0 Å². The fourth-order valence-corrected chi connectivity index (χ4v) is 2.71. The third-order valence-corrected chi connectivity index (χ3v) is 3.53. The molecule has 0 aromatic heterocycles. The second kappa shape index (κ2) is 4.37. The van der Waals surface area contributed by atoms with Crippen LogP contribution in [-0.4, -0.2) is 27.3 Å². The van der Waals surface area contributed by atoms with Gasteiger partial charge in [0.15, 0.2) is 0 Å². The second-order valence-corrected chi connectivity index (χ2v) is 5.20. The normalized spacial score (nSPS) is 27.1. The van der Waals surface area contributed by atoms with Gasteiger partial charge >= 0.3 is 10.2 Å². The molecule has 1 rings (SSSR count). The van der Waals surface area contributed by atoms with E-state index in [4.69, 9.17) is 0 Å². The van der Waals surface area contributed by atoms with E-state index in [9.17, 15) is 12.3 Å². The minimum absolute atomic E-state index is 0.0807. The molecule has 0 aromatic carbocycles. The van der Waals surface area contributed by atoms with Crippen LogP contribution in [0.1, 0.15) is 19.8 Å². The van der Waals surface area contributed by atoms with E-state index in [2.05, 4.69) is 5.32 Å². The highest BCUT2D eigenvalue weighted by molar-refractivity contribution is 7.86. The first kappa shape index (κ1) is 10.9. The maximum Gasteiger partial charge on any atom is 0.302 e. The van der Waals surface area contributed by atoms with E-state index < -0.39 is 10.2 Å². The lowest BCUT2D eigenvalue weighted by Crippen LogP contribution is -2.35. The lowest BCUT2D eigenvalue weighted by atomic mass is 9.89. The van der Waals surface area contributed by atoms with Gasteiger partial charge in [-0.15, -0.1) is 3.89 Å². The van der Waals surface area contributed by atoms with Crippen molar-refractivity contribution in [1.29, 1.82) is 0 Å². The predicted octanol–water partition coefficient (Wildman–Crippen LogP) is 0.921. The Hall–Kier alpha value is -0.160. The van der Waals surface area contributed by atoms with Crippen LogP contribution in [0.25, 0.3) is 0 Å².